The molecule has 0 saturated heterocycles. The number of rotatable bonds is 5. The van der Waals surface area contributed by atoms with Crippen molar-refractivity contribution >= 4 is 5.97 Å². The quantitative estimate of drug-likeness (QED) is 0.878. The van der Waals surface area contributed by atoms with Crippen molar-refractivity contribution in [2.24, 2.45) is 0 Å². The van der Waals surface area contributed by atoms with Crippen LogP contribution < -0.4 is 4.74 Å². The number of ether oxygens (including phenoxy) is 1. The first-order chi connectivity index (χ1) is 9.56. The van der Waals surface area contributed by atoms with E-state index in [1.807, 2.05) is 18.2 Å². The monoisotopic (exact) mass is 272 g/mol. The summed E-state index contributed by atoms with van der Waals surface area (Å²) in [5.74, 6) is -0.271. The number of carbonyl (C=O) groups is 1. The minimum Gasteiger partial charge on any atom is -0.489 e. The summed E-state index contributed by atoms with van der Waals surface area (Å²) >= 11 is 0. The molecule has 0 radical (unpaired) electrons. The number of carboxylic acids is 1. The first kappa shape index (κ1) is 14.1. The molecule has 0 aromatic heterocycles. The van der Waals surface area contributed by atoms with Gasteiger partial charge in [-0.25, -0.2) is 4.79 Å². The lowest BCUT2D eigenvalue weighted by Gasteiger charge is -2.09. The lowest BCUT2D eigenvalue weighted by molar-refractivity contribution is 0.0697. The third-order valence-corrected chi connectivity index (χ3v) is 2.95. The molecule has 20 heavy (non-hydrogen) atoms. The molecule has 0 aliphatic rings. The number of hydrogen-bond donors (Lipinski definition) is 2. The molecule has 2 N–H and O–H groups in total. The van der Waals surface area contributed by atoms with Crippen LogP contribution in [-0.4, -0.2) is 16.2 Å². The number of carboxylic acid groups (broad SMARTS) is 1. The highest BCUT2D eigenvalue weighted by molar-refractivity contribution is 5.87. The molecular weight excluding hydrogens is 256 g/mol. The fraction of sp³-hybridized carbons (Fsp3) is 0.188. The topological polar surface area (TPSA) is 66.8 Å². The molecule has 104 valence electrons. The van der Waals surface area contributed by atoms with E-state index in [4.69, 9.17) is 9.84 Å². The maximum absolute atomic E-state index is 10.7. The van der Waals surface area contributed by atoms with Crippen molar-refractivity contribution in [2.45, 2.75) is 19.6 Å². The largest absolute Gasteiger partial charge is 0.489 e. The molecule has 1 atom stereocenters. The molecule has 2 aromatic rings. The van der Waals surface area contributed by atoms with Crippen LogP contribution in [0.4, 0.5) is 0 Å². The molecule has 0 aliphatic carbocycles. The van der Waals surface area contributed by atoms with Crippen LogP contribution in [0.5, 0.6) is 5.75 Å². The minimum atomic E-state index is -0.942. The van der Waals surface area contributed by atoms with Crippen molar-refractivity contribution in [3.63, 3.8) is 0 Å². The Kier molecular flexibility index (Phi) is 4.38. The van der Waals surface area contributed by atoms with Crippen LogP contribution in [0.2, 0.25) is 0 Å². The Labute approximate surface area is 117 Å². The van der Waals surface area contributed by atoms with Crippen LogP contribution in [0.15, 0.2) is 48.5 Å². The van der Waals surface area contributed by atoms with Crippen LogP contribution in [0, 0.1) is 0 Å². The van der Waals surface area contributed by atoms with Gasteiger partial charge in [0, 0.05) is 0 Å². The van der Waals surface area contributed by atoms with Crippen molar-refractivity contribution in [1.82, 2.24) is 0 Å². The molecule has 0 aliphatic heterocycles. The number of hydrogen-bond acceptors (Lipinski definition) is 3. The zero-order valence-corrected chi connectivity index (χ0v) is 11.1. The number of benzene rings is 2. The zero-order valence-electron chi connectivity index (χ0n) is 11.1. The van der Waals surface area contributed by atoms with E-state index in [1.54, 1.807) is 37.3 Å². The van der Waals surface area contributed by atoms with Crippen LogP contribution in [0.25, 0.3) is 0 Å². The average Bonchev–Trinajstić information content (AvgIpc) is 2.46. The Morgan fingerprint density at radius 2 is 1.90 bits per heavy atom. The van der Waals surface area contributed by atoms with Gasteiger partial charge in [0.15, 0.2) is 0 Å². The summed E-state index contributed by atoms with van der Waals surface area (Å²) in [6.07, 6.45) is -0.534. The summed E-state index contributed by atoms with van der Waals surface area (Å²) in [5, 5.41) is 18.3. The Hall–Kier alpha value is -2.33. The van der Waals surface area contributed by atoms with Crippen molar-refractivity contribution in [1.29, 1.82) is 0 Å². The van der Waals surface area contributed by atoms with E-state index in [0.29, 0.717) is 12.4 Å². The average molecular weight is 272 g/mol. The zero-order chi connectivity index (χ0) is 14.5. The minimum absolute atomic E-state index is 0.254. The van der Waals surface area contributed by atoms with Gasteiger partial charge in [-0.1, -0.05) is 24.3 Å². The third-order valence-electron chi connectivity index (χ3n) is 2.95. The molecule has 0 spiro atoms. The Bertz CT molecular complexity index is 588. The van der Waals surface area contributed by atoms with Crippen LogP contribution in [-0.2, 0) is 6.61 Å². The highest BCUT2D eigenvalue weighted by Gasteiger charge is 2.04. The fourth-order valence-corrected chi connectivity index (χ4v) is 1.77. The second-order valence-corrected chi connectivity index (χ2v) is 4.54. The molecule has 0 saturated carbocycles. The number of aliphatic hydroxyl groups excluding tert-OH is 1. The van der Waals surface area contributed by atoms with E-state index < -0.39 is 12.1 Å². The second kappa shape index (κ2) is 6.21. The Balaban J connectivity index is 2.01. The van der Waals surface area contributed by atoms with Crippen molar-refractivity contribution in [3.05, 3.63) is 65.2 Å². The lowest BCUT2D eigenvalue weighted by atomic mass is 10.1. The van der Waals surface area contributed by atoms with E-state index >= 15 is 0 Å². The molecule has 0 fully saturated rings. The van der Waals surface area contributed by atoms with Crippen LogP contribution in [0.1, 0.15) is 34.5 Å². The maximum atomic E-state index is 10.7. The molecule has 4 nitrogen and oxygen atoms in total. The van der Waals surface area contributed by atoms with Gasteiger partial charge in [0.1, 0.15) is 12.4 Å². The fourth-order valence-electron chi connectivity index (χ4n) is 1.77. The third kappa shape index (κ3) is 3.59. The first-order valence-corrected chi connectivity index (χ1v) is 6.29. The second-order valence-electron chi connectivity index (χ2n) is 4.54. The van der Waals surface area contributed by atoms with E-state index in [0.717, 1.165) is 11.1 Å². The normalized spacial score (nSPS) is 11.9. The van der Waals surface area contributed by atoms with E-state index in [2.05, 4.69) is 0 Å². The maximum Gasteiger partial charge on any atom is 0.335 e. The van der Waals surface area contributed by atoms with Crippen LogP contribution in [0.3, 0.4) is 0 Å². The van der Waals surface area contributed by atoms with Gasteiger partial charge in [-0.15, -0.1) is 0 Å². The Morgan fingerprint density at radius 3 is 2.50 bits per heavy atom. The summed E-state index contributed by atoms with van der Waals surface area (Å²) < 4.78 is 5.62. The van der Waals surface area contributed by atoms with Gasteiger partial charge >= 0.3 is 5.97 Å². The summed E-state index contributed by atoms with van der Waals surface area (Å²) in [6, 6.07) is 13.8. The SMILES string of the molecule is C[C@H](O)c1cccc(OCc2ccc(C(=O)O)cc2)c1. The van der Waals surface area contributed by atoms with E-state index in [9.17, 15) is 9.90 Å². The molecule has 0 heterocycles. The van der Waals surface area contributed by atoms with Gasteiger partial charge in [-0.05, 0) is 42.3 Å². The lowest BCUT2D eigenvalue weighted by Crippen LogP contribution is -1.99. The molecule has 0 bridgehead atoms. The molecule has 0 amide bonds. The van der Waals surface area contributed by atoms with E-state index in [1.165, 1.54) is 0 Å². The smallest absolute Gasteiger partial charge is 0.335 e. The molecule has 2 aromatic carbocycles. The van der Waals surface area contributed by atoms with Crippen molar-refractivity contribution < 1.29 is 19.7 Å². The Morgan fingerprint density at radius 1 is 1.20 bits per heavy atom. The van der Waals surface area contributed by atoms with Gasteiger partial charge in [0.05, 0.1) is 11.7 Å². The van der Waals surface area contributed by atoms with Crippen LogP contribution >= 0.6 is 0 Å². The number of aliphatic hydroxyl groups is 1. The molecular formula is C16H16O4. The van der Waals surface area contributed by atoms with Crippen molar-refractivity contribution in [3.8, 4) is 5.75 Å². The predicted octanol–water partition coefficient (Wildman–Crippen LogP) is 3.02. The first-order valence-electron chi connectivity index (χ1n) is 6.29. The van der Waals surface area contributed by atoms with Gasteiger partial charge < -0.3 is 14.9 Å². The van der Waals surface area contributed by atoms with Gasteiger partial charge in [0.25, 0.3) is 0 Å². The van der Waals surface area contributed by atoms with Gasteiger partial charge in [-0.3, -0.25) is 0 Å². The highest BCUT2D eigenvalue weighted by atomic mass is 16.5. The number of aromatic carboxylic acids is 1. The summed E-state index contributed by atoms with van der Waals surface area (Å²) in [6.45, 7) is 2.05. The molecule has 4 heteroatoms. The summed E-state index contributed by atoms with van der Waals surface area (Å²) in [5.41, 5.74) is 1.94. The van der Waals surface area contributed by atoms with E-state index in [-0.39, 0.29) is 5.56 Å². The molecule has 2 rings (SSSR count). The van der Waals surface area contributed by atoms with Crippen molar-refractivity contribution in [2.75, 3.05) is 0 Å². The van der Waals surface area contributed by atoms with Gasteiger partial charge in [0.2, 0.25) is 0 Å². The van der Waals surface area contributed by atoms with Gasteiger partial charge in [-0.2, -0.15) is 0 Å². The molecule has 0 unspecified atom stereocenters. The summed E-state index contributed by atoms with van der Waals surface area (Å²) in [7, 11) is 0. The highest BCUT2D eigenvalue weighted by Crippen LogP contribution is 2.19. The predicted molar refractivity (Wildman–Crippen MR) is 74.8 cm³/mol. The summed E-state index contributed by atoms with van der Waals surface area (Å²) in [4.78, 5) is 10.7. The standard InChI is InChI=1S/C16H16O4/c1-11(17)14-3-2-4-15(9-14)20-10-12-5-7-13(8-6-12)16(18)19/h2-9,11,17H,10H2,1H3,(H,18,19)/t11-/m0/s1.